The number of nitrogens with zero attached hydrogens (tertiary/aromatic N) is 1. The van der Waals surface area contributed by atoms with Gasteiger partial charge in [0.25, 0.3) is 0 Å². The van der Waals surface area contributed by atoms with Crippen molar-refractivity contribution in [2.24, 2.45) is 11.7 Å². The van der Waals surface area contributed by atoms with Crippen molar-refractivity contribution in [3.63, 3.8) is 0 Å². The van der Waals surface area contributed by atoms with E-state index >= 15 is 0 Å². The molecule has 0 amide bonds. The summed E-state index contributed by atoms with van der Waals surface area (Å²) in [6.07, 6.45) is 6.38. The van der Waals surface area contributed by atoms with Crippen molar-refractivity contribution in [3.8, 4) is 0 Å². The third kappa shape index (κ3) is 5.50. The number of hydrogen-bond donors (Lipinski definition) is 1. The van der Waals surface area contributed by atoms with Crippen molar-refractivity contribution >= 4 is 0 Å². The Bertz CT molecular complexity index is 142. The van der Waals surface area contributed by atoms with Crippen molar-refractivity contribution in [2.75, 3.05) is 39.9 Å². The Labute approximate surface area is 94.0 Å². The molecule has 0 saturated carbocycles. The molecule has 90 valence electrons. The Morgan fingerprint density at radius 1 is 1.27 bits per heavy atom. The van der Waals surface area contributed by atoms with Crippen LogP contribution in [0.25, 0.3) is 0 Å². The highest BCUT2D eigenvalue weighted by atomic mass is 16.5. The largest absolute Gasteiger partial charge is 0.385 e. The minimum absolute atomic E-state index is 0.860. The van der Waals surface area contributed by atoms with Gasteiger partial charge < -0.3 is 15.4 Å². The number of methoxy groups -OCH3 is 1. The van der Waals surface area contributed by atoms with E-state index < -0.39 is 0 Å². The van der Waals surface area contributed by atoms with Crippen LogP contribution in [-0.2, 0) is 4.74 Å². The van der Waals surface area contributed by atoms with Crippen LogP contribution in [0.4, 0.5) is 0 Å². The van der Waals surface area contributed by atoms with Crippen molar-refractivity contribution in [3.05, 3.63) is 0 Å². The third-order valence-electron chi connectivity index (χ3n) is 3.35. The summed E-state index contributed by atoms with van der Waals surface area (Å²) in [5, 5.41) is 0. The summed E-state index contributed by atoms with van der Waals surface area (Å²) < 4.78 is 5.05. The zero-order valence-corrected chi connectivity index (χ0v) is 10.1. The summed E-state index contributed by atoms with van der Waals surface area (Å²) >= 11 is 0. The fourth-order valence-electron chi connectivity index (χ4n) is 2.32. The Balaban J connectivity index is 1.99. The maximum absolute atomic E-state index is 5.58. The van der Waals surface area contributed by atoms with Crippen LogP contribution in [0, 0.1) is 5.92 Å². The Morgan fingerprint density at radius 3 is 2.60 bits per heavy atom. The molecule has 1 aliphatic rings. The topological polar surface area (TPSA) is 38.5 Å². The molecule has 1 saturated heterocycles. The van der Waals surface area contributed by atoms with Gasteiger partial charge in [-0.1, -0.05) is 0 Å². The summed E-state index contributed by atoms with van der Waals surface area (Å²) in [4.78, 5) is 2.59. The molecular weight excluding hydrogens is 188 g/mol. The van der Waals surface area contributed by atoms with Gasteiger partial charge in [0, 0.05) is 13.7 Å². The highest BCUT2D eigenvalue weighted by Crippen LogP contribution is 2.19. The number of likely N-dealkylation sites (tertiary alicyclic amines) is 1. The van der Waals surface area contributed by atoms with E-state index in [0.717, 1.165) is 19.1 Å². The molecule has 0 aromatic heterocycles. The lowest BCUT2D eigenvalue weighted by atomic mass is 9.93. The SMILES string of the molecule is COCCCCN1CCC(CCN)CC1. The molecule has 15 heavy (non-hydrogen) atoms. The van der Waals surface area contributed by atoms with Gasteiger partial charge in [0.05, 0.1) is 0 Å². The quantitative estimate of drug-likeness (QED) is 0.652. The Kier molecular flexibility index (Phi) is 6.98. The second-order valence-corrected chi connectivity index (χ2v) is 4.56. The molecule has 0 radical (unpaired) electrons. The van der Waals surface area contributed by atoms with Crippen LogP contribution in [0.2, 0.25) is 0 Å². The molecule has 1 rings (SSSR count). The molecule has 0 aromatic carbocycles. The summed E-state index contributed by atoms with van der Waals surface area (Å²) in [6.45, 7) is 5.57. The van der Waals surface area contributed by atoms with Gasteiger partial charge in [-0.05, 0) is 64.2 Å². The maximum atomic E-state index is 5.58. The molecular formula is C12H26N2O. The number of hydrogen-bond acceptors (Lipinski definition) is 3. The molecule has 3 nitrogen and oxygen atoms in total. The molecule has 0 spiro atoms. The van der Waals surface area contributed by atoms with Crippen LogP contribution in [0.1, 0.15) is 32.1 Å². The first-order valence-corrected chi connectivity index (χ1v) is 6.28. The van der Waals surface area contributed by atoms with Gasteiger partial charge in [-0.15, -0.1) is 0 Å². The van der Waals surface area contributed by atoms with Crippen LogP contribution in [0.3, 0.4) is 0 Å². The van der Waals surface area contributed by atoms with E-state index in [1.54, 1.807) is 7.11 Å². The van der Waals surface area contributed by atoms with Crippen molar-refractivity contribution in [1.29, 1.82) is 0 Å². The normalized spacial score (nSPS) is 19.6. The highest BCUT2D eigenvalue weighted by molar-refractivity contribution is 4.72. The van der Waals surface area contributed by atoms with E-state index in [0.29, 0.717) is 0 Å². The standard InChI is InChI=1S/C12H26N2O/c1-15-11-3-2-8-14-9-5-12(4-7-13)6-10-14/h12H,2-11,13H2,1H3. The molecule has 0 aliphatic carbocycles. The van der Waals surface area contributed by atoms with Crippen molar-refractivity contribution < 1.29 is 4.74 Å². The second kappa shape index (κ2) is 8.08. The number of nitrogens with two attached hydrogens (primary N) is 1. The third-order valence-corrected chi connectivity index (χ3v) is 3.35. The highest BCUT2D eigenvalue weighted by Gasteiger charge is 2.17. The van der Waals surface area contributed by atoms with E-state index in [4.69, 9.17) is 10.5 Å². The summed E-state index contributed by atoms with van der Waals surface area (Å²) in [7, 11) is 1.78. The predicted molar refractivity (Wildman–Crippen MR) is 63.9 cm³/mol. The average molecular weight is 214 g/mol. The minimum Gasteiger partial charge on any atom is -0.385 e. The van der Waals surface area contributed by atoms with Gasteiger partial charge in [0.15, 0.2) is 0 Å². The van der Waals surface area contributed by atoms with Crippen molar-refractivity contribution in [2.45, 2.75) is 32.1 Å². The molecule has 2 N–H and O–H groups in total. The molecule has 1 fully saturated rings. The zero-order chi connectivity index (χ0) is 10.9. The van der Waals surface area contributed by atoms with Crippen LogP contribution < -0.4 is 5.73 Å². The first-order chi connectivity index (χ1) is 7.36. The van der Waals surface area contributed by atoms with Crippen LogP contribution >= 0.6 is 0 Å². The fraction of sp³-hybridized carbons (Fsp3) is 1.00. The summed E-state index contributed by atoms with van der Waals surface area (Å²) in [5.74, 6) is 0.894. The van der Waals surface area contributed by atoms with E-state index in [-0.39, 0.29) is 0 Å². The van der Waals surface area contributed by atoms with Crippen molar-refractivity contribution in [1.82, 2.24) is 4.90 Å². The molecule has 0 bridgehead atoms. The van der Waals surface area contributed by atoms with Gasteiger partial charge >= 0.3 is 0 Å². The zero-order valence-electron chi connectivity index (χ0n) is 10.1. The second-order valence-electron chi connectivity index (χ2n) is 4.56. The van der Waals surface area contributed by atoms with Gasteiger partial charge in [-0.2, -0.15) is 0 Å². The molecule has 1 aliphatic heterocycles. The minimum atomic E-state index is 0.860. The van der Waals surface area contributed by atoms with Gasteiger partial charge in [-0.3, -0.25) is 0 Å². The maximum Gasteiger partial charge on any atom is 0.0462 e. The lowest BCUT2D eigenvalue weighted by molar-refractivity contribution is 0.160. The molecule has 0 aromatic rings. The lowest BCUT2D eigenvalue weighted by Gasteiger charge is -2.31. The number of ether oxygens (including phenoxy) is 1. The van der Waals surface area contributed by atoms with Crippen LogP contribution in [0.15, 0.2) is 0 Å². The summed E-state index contributed by atoms with van der Waals surface area (Å²) in [6, 6.07) is 0. The van der Waals surface area contributed by atoms with Crippen LogP contribution in [0.5, 0.6) is 0 Å². The molecule has 1 heterocycles. The summed E-state index contributed by atoms with van der Waals surface area (Å²) in [5.41, 5.74) is 5.58. The number of unbranched alkanes of at least 4 members (excludes halogenated alkanes) is 1. The van der Waals surface area contributed by atoms with E-state index in [1.807, 2.05) is 0 Å². The van der Waals surface area contributed by atoms with E-state index in [1.165, 1.54) is 51.7 Å². The molecule has 0 atom stereocenters. The fourth-order valence-corrected chi connectivity index (χ4v) is 2.32. The first kappa shape index (κ1) is 12.9. The monoisotopic (exact) mass is 214 g/mol. The van der Waals surface area contributed by atoms with Gasteiger partial charge in [0.2, 0.25) is 0 Å². The Hall–Kier alpha value is -0.120. The number of rotatable bonds is 7. The van der Waals surface area contributed by atoms with E-state index in [2.05, 4.69) is 4.90 Å². The van der Waals surface area contributed by atoms with E-state index in [9.17, 15) is 0 Å². The lowest BCUT2D eigenvalue weighted by Crippen LogP contribution is -2.35. The van der Waals surface area contributed by atoms with Gasteiger partial charge in [0.1, 0.15) is 0 Å². The molecule has 3 heteroatoms. The van der Waals surface area contributed by atoms with Crippen LogP contribution in [-0.4, -0.2) is 44.8 Å². The predicted octanol–water partition coefficient (Wildman–Crippen LogP) is 1.47. The van der Waals surface area contributed by atoms with Gasteiger partial charge in [-0.25, -0.2) is 0 Å². The Morgan fingerprint density at radius 2 is 2.00 bits per heavy atom. The average Bonchev–Trinajstić information content (AvgIpc) is 2.27. The smallest absolute Gasteiger partial charge is 0.0462 e. The number of piperidine rings is 1. The molecule has 0 unspecified atom stereocenters. The first-order valence-electron chi connectivity index (χ1n) is 6.28.